The third-order valence-corrected chi connectivity index (χ3v) is 5.19. The number of carbonyl (C=O) groups excluding carboxylic acids is 4. The highest BCUT2D eigenvalue weighted by molar-refractivity contribution is 5.99. The molecule has 0 spiro atoms. The molecule has 3 rings (SSSR count). The van der Waals surface area contributed by atoms with Gasteiger partial charge in [-0.2, -0.15) is 0 Å². The Hall–Kier alpha value is -3.48. The average Bonchev–Trinajstić information content (AvgIpc) is 3.12. The lowest BCUT2D eigenvalue weighted by Gasteiger charge is -2.16. The molecule has 1 aliphatic rings. The number of nitrogens with one attached hydrogen (secondary N) is 1. The van der Waals surface area contributed by atoms with Crippen molar-refractivity contribution in [1.82, 2.24) is 4.90 Å². The molecule has 7 nitrogen and oxygen atoms in total. The van der Waals surface area contributed by atoms with Crippen molar-refractivity contribution in [1.29, 1.82) is 0 Å². The Bertz CT molecular complexity index is 970. The fourth-order valence-electron chi connectivity index (χ4n) is 3.55. The Morgan fingerprint density at radius 1 is 1.06 bits per heavy atom. The highest BCUT2D eigenvalue weighted by atomic mass is 16.5. The maximum absolute atomic E-state index is 12.4. The summed E-state index contributed by atoms with van der Waals surface area (Å²) >= 11 is 0. The Kier molecular flexibility index (Phi) is 7.76. The molecule has 0 aromatic heterocycles. The van der Waals surface area contributed by atoms with Gasteiger partial charge in [-0.25, -0.2) is 0 Å². The first-order chi connectivity index (χ1) is 15.3. The number of hydrogen-bond donors (Lipinski definition) is 1. The number of anilines is 1. The Balaban J connectivity index is 1.46. The van der Waals surface area contributed by atoms with Crippen LogP contribution >= 0.6 is 0 Å². The minimum atomic E-state index is -0.572. The van der Waals surface area contributed by atoms with Gasteiger partial charge in [0, 0.05) is 37.2 Å². The highest BCUT2D eigenvalue weighted by Crippen LogP contribution is 2.21. The lowest BCUT2D eigenvalue weighted by Crippen LogP contribution is -2.27. The summed E-state index contributed by atoms with van der Waals surface area (Å²) in [6.45, 7) is 4.27. The molecule has 1 fully saturated rings. The zero-order valence-corrected chi connectivity index (χ0v) is 18.4. The number of amides is 2. The van der Waals surface area contributed by atoms with E-state index >= 15 is 0 Å². The molecule has 2 amide bonds. The fraction of sp³-hybridized carbons (Fsp3) is 0.360. The van der Waals surface area contributed by atoms with E-state index in [-0.39, 0.29) is 43.1 Å². The third-order valence-electron chi connectivity index (χ3n) is 5.19. The van der Waals surface area contributed by atoms with Crippen molar-refractivity contribution in [3.8, 4) is 0 Å². The molecule has 32 heavy (non-hydrogen) atoms. The average molecular weight is 437 g/mol. The van der Waals surface area contributed by atoms with Gasteiger partial charge < -0.3 is 15.0 Å². The van der Waals surface area contributed by atoms with Gasteiger partial charge in [0.15, 0.2) is 12.4 Å². The second kappa shape index (κ2) is 10.7. The molecule has 0 unspecified atom stereocenters. The third kappa shape index (κ3) is 6.51. The van der Waals surface area contributed by atoms with Gasteiger partial charge in [-0.1, -0.05) is 44.2 Å². The molecule has 0 saturated carbocycles. The molecule has 1 aliphatic heterocycles. The molecule has 1 saturated heterocycles. The van der Waals surface area contributed by atoms with E-state index in [1.54, 1.807) is 29.2 Å². The van der Waals surface area contributed by atoms with E-state index < -0.39 is 11.9 Å². The number of hydrogen-bond acceptors (Lipinski definition) is 5. The van der Waals surface area contributed by atoms with Crippen LogP contribution in [-0.2, 0) is 25.7 Å². The first-order valence-corrected chi connectivity index (χ1v) is 10.7. The van der Waals surface area contributed by atoms with Crippen LogP contribution in [0.15, 0.2) is 54.6 Å². The number of esters is 1. The van der Waals surface area contributed by atoms with Crippen LogP contribution in [-0.4, -0.2) is 41.6 Å². The number of benzene rings is 2. The van der Waals surface area contributed by atoms with Crippen LogP contribution in [0.25, 0.3) is 0 Å². The van der Waals surface area contributed by atoms with Gasteiger partial charge in [0.25, 0.3) is 0 Å². The topological polar surface area (TPSA) is 92.8 Å². The van der Waals surface area contributed by atoms with E-state index in [0.29, 0.717) is 24.2 Å². The summed E-state index contributed by atoms with van der Waals surface area (Å²) in [7, 11) is 0. The SMILES string of the molecule is CC(C)CC(=O)Nc1ccc(C(=O)COC(=O)[C@H]2CC(=O)N(Cc3ccccc3)C2)cc1. The first-order valence-electron chi connectivity index (χ1n) is 10.7. The van der Waals surface area contributed by atoms with Gasteiger partial charge in [-0.15, -0.1) is 0 Å². The van der Waals surface area contributed by atoms with Gasteiger partial charge in [-0.3, -0.25) is 19.2 Å². The molecular weight excluding hydrogens is 408 g/mol. The number of ether oxygens (including phenoxy) is 1. The summed E-state index contributed by atoms with van der Waals surface area (Å²) in [6.07, 6.45) is 0.508. The van der Waals surface area contributed by atoms with Crippen LogP contribution < -0.4 is 5.32 Å². The molecule has 168 valence electrons. The van der Waals surface area contributed by atoms with Gasteiger partial charge in [0.2, 0.25) is 11.8 Å². The number of nitrogens with zero attached hydrogens (tertiary/aromatic N) is 1. The Morgan fingerprint density at radius 3 is 2.41 bits per heavy atom. The van der Waals surface area contributed by atoms with E-state index in [1.807, 2.05) is 44.2 Å². The molecule has 0 radical (unpaired) electrons. The van der Waals surface area contributed by atoms with Gasteiger partial charge in [0.05, 0.1) is 5.92 Å². The van der Waals surface area contributed by atoms with Crippen LogP contribution in [0.5, 0.6) is 0 Å². The first kappa shape index (κ1) is 23.2. The molecule has 1 heterocycles. The Labute approximate surface area is 187 Å². The van der Waals surface area contributed by atoms with Crippen molar-refractivity contribution >= 4 is 29.3 Å². The molecule has 2 aromatic rings. The summed E-state index contributed by atoms with van der Waals surface area (Å²) in [6, 6.07) is 16.0. The molecule has 0 aliphatic carbocycles. The summed E-state index contributed by atoms with van der Waals surface area (Å²) in [5, 5.41) is 2.78. The number of carbonyl (C=O) groups is 4. The second-order valence-electron chi connectivity index (χ2n) is 8.42. The predicted octanol–water partition coefficient (Wildman–Crippen LogP) is 3.45. The van der Waals surface area contributed by atoms with Crippen LogP contribution in [0.4, 0.5) is 5.69 Å². The molecular formula is C25H28N2O5. The molecule has 1 N–H and O–H groups in total. The quantitative estimate of drug-likeness (QED) is 0.480. The van der Waals surface area contributed by atoms with Crippen LogP contribution in [0.2, 0.25) is 0 Å². The van der Waals surface area contributed by atoms with Gasteiger partial charge in [-0.05, 0) is 35.7 Å². The maximum Gasteiger partial charge on any atom is 0.311 e. The van der Waals surface area contributed by atoms with Crippen molar-refractivity contribution in [3.63, 3.8) is 0 Å². The lowest BCUT2D eigenvalue weighted by atomic mass is 10.1. The second-order valence-corrected chi connectivity index (χ2v) is 8.42. The molecule has 1 atom stereocenters. The van der Waals surface area contributed by atoms with E-state index in [9.17, 15) is 19.2 Å². The van der Waals surface area contributed by atoms with Crippen molar-refractivity contribution in [2.75, 3.05) is 18.5 Å². The number of ketones is 1. The maximum atomic E-state index is 12.4. The van der Waals surface area contributed by atoms with Gasteiger partial charge >= 0.3 is 5.97 Å². The monoisotopic (exact) mass is 436 g/mol. The summed E-state index contributed by atoms with van der Waals surface area (Å²) in [5.41, 5.74) is 1.98. The fourth-order valence-corrected chi connectivity index (χ4v) is 3.55. The summed E-state index contributed by atoms with van der Waals surface area (Å²) in [5.74, 6) is -1.38. The smallest absolute Gasteiger partial charge is 0.311 e. The lowest BCUT2D eigenvalue weighted by molar-refractivity contribution is -0.147. The number of Topliss-reactive ketones (excluding diaryl/α,β-unsaturated/α-hetero) is 1. The highest BCUT2D eigenvalue weighted by Gasteiger charge is 2.35. The van der Waals surface area contributed by atoms with Gasteiger partial charge in [0.1, 0.15) is 0 Å². The van der Waals surface area contributed by atoms with E-state index in [4.69, 9.17) is 4.74 Å². The zero-order valence-electron chi connectivity index (χ0n) is 18.4. The van der Waals surface area contributed by atoms with Crippen LogP contribution in [0, 0.1) is 11.8 Å². The predicted molar refractivity (Wildman–Crippen MR) is 120 cm³/mol. The summed E-state index contributed by atoms with van der Waals surface area (Å²) in [4.78, 5) is 50.5. The van der Waals surface area contributed by atoms with Crippen molar-refractivity contribution in [2.24, 2.45) is 11.8 Å². The molecule has 7 heteroatoms. The summed E-state index contributed by atoms with van der Waals surface area (Å²) < 4.78 is 5.19. The van der Waals surface area contributed by atoms with E-state index in [1.165, 1.54) is 0 Å². The molecule has 2 aromatic carbocycles. The standard InChI is InChI=1S/C25H28N2O5/c1-17(2)12-23(29)26-21-10-8-19(9-11-21)22(28)16-32-25(31)20-13-24(30)27(15-20)14-18-6-4-3-5-7-18/h3-11,17,20H,12-16H2,1-2H3,(H,26,29)/t20-/m0/s1. The van der Waals surface area contributed by atoms with Crippen LogP contribution in [0.3, 0.4) is 0 Å². The Morgan fingerprint density at radius 2 is 1.75 bits per heavy atom. The van der Waals surface area contributed by atoms with E-state index in [2.05, 4.69) is 5.32 Å². The minimum Gasteiger partial charge on any atom is -0.457 e. The number of rotatable bonds is 9. The number of likely N-dealkylation sites (tertiary alicyclic amines) is 1. The normalized spacial score (nSPS) is 15.7. The largest absolute Gasteiger partial charge is 0.457 e. The van der Waals surface area contributed by atoms with Crippen LogP contribution in [0.1, 0.15) is 42.6 Å². The zero-order chi connectivity index (χ0) is 23.1. The molecule has 0 bridgehead atoms. The van der Waals surface area contributed by atoms with Crippen molar-refractivity contribution in [3.05, 3.63) is 65.7 Å². The van der Waals surface area contributed by atoms with E-state index in [0.717, 1.165) is 5.56 Å². The van der Waals surface area contributed by atoms with Crippen molar-refractivity contribution in [2.45, 2.75) is 33.2 Å². The van der Waals surface area contributed by atoms with Crippen molar-refractivity contribution < 1.29 is 23.9 Å². The minimum absolute atomic E-state index is 0.0829.